The Balaban J connectivity index is 1.78. The van der Waals surface area contributed by atoms with Crippen LogP contribution in [0.1, 0.15) is 31.9 Å². The number of carbonyl (C=O) groups is 2. The summed E-state index contributed by atoms with van der Waals surface area (Å²) in [5.74, 6) is -0.558. The van der Waals surface area contributed by atoms with Gasteiger partial charge in [0.25, 0.3) is 0 Å². The van der Waals surface area contributed by atoms with E-state index in [1.807, 2.05) is 38.2 Å². The summed E-state index contributed by atoms with van der Waals surface area (Å²) < 4.78 is 13.3. The Hall–Kier alpha value is -3.15. The van der Waals surface area contributed by atoms with Crippen molar-refractivity contribution in [1.29, 1.82) is 0 Å². The van der Waals surface area contributed by atoms with Gasteiger partial charge in [-0.2, -0.15) is 0 Å². The first kappa shape index (κ1) is 21.6. The smallest absolute Gasteiger partial charge is 0.242 e. The molecule has 0 aliphatic heterocycles. The van der Waals surface area contributed by atoms with Gasteiger partial charge in [0.15, 0.2) is 0 Å². The van der Waals surface area contributed by atoms with Gasteiger partial charge < -0.3 is 14.8 Å². The Bertz CT molecular complexity index is 1010. The van der Waals surface area contributed by atoms with Crippen molar-refractivity contribution in [1.82, 2.24) is 14.8 Å². The van der Waals surface area contributed by atoms with Crippen molar-refractivity contribution in [2.75, 3.05) is 13.1 Å². The highest BCUT2D eigenvalue weighted by Gasteiger charge is 2.21. The van der Waals surface area contributed by atoms with Crippen LogP contribution in [-0.2, 0) is 22.6 Å². The molecular formula is C24H28FN3O2. The van der Waals surface area contributed by atoms with Crippen molar-refractivity contribution in [3.63, 3.8) is 0 Å². The van der Waals surface area contributed by atoms with E-state index in [1.54, 1.807) is 21.9 Å². The van der Waals surface area contributed by atoms with E-state index in [0.717, 1.165) is 22.0 Å². The van der Waals surface area contributed by atoms with Crippen LogP contribution in [0, 0.1) is 5.82 Å². The summed E-state index contributed by atoms with van der Waals surface area (Å²) in [5, 5.41) is 1.14. The van der Waals surface area contributed by atoms with Gasteiger partial charge in [-0.05, 0) is 49.6 Å². The molecule has 0 aliphatic rings. The summed E-state index contributed by atoms with van der Waals surface area (Å²) in [7, 11) is 0. The molecule has 6 heteroatoms. The molecule has 2 amide bonds. The van der Waals surface area contributed by atoms with Crippen LogP contribution in [-0.4, -0.2) is 45.7 Å². The monoisotopic (exact) mass is 409 g/mol. The molecule has 1 aromatic heterocycles. The van der Waals surface area contributed by atoms with Crippen LogP contribution in [0.4, 0.5) is 4.39 Å². The Morgan fingerprint density at radius 2 is 1.77 bits per heavy atom. The third kappa shape index (κ3) is 5.26. The molecular weight excluding hydrogens is 381 g/mol. The molecule has 3 aromatic rings. The van der Waals surface area contributed by atoms with E-state index in [0.29, 0.717) is 19.5 Å². The molecule has 5 nitrogen and oxygen atoms in total. The van der Waals surface area contributed by atoms with Crippen molar-refractivity contribution in [2.45, 2.75) is 39.8 Å². The number of carbonyl (C=O) groups excluding carboxylic acids is 2. The normalized spacial score (nSPS) is 11.1. The predicted molar refractivity (Wildman–Crippen MR) is 116 cm³/mol. The number of aromatic amines is 1. The van der Waals surface area contributed by atoms with Crippen molar-refractivity contribution >= 4 is 22.7 Å². The van der Waals surface area contributed by atoms with Gasteiger partial charge in [0.2, 0.25) is 11.8 Å². The number of benzene rings is 2. The number of amides is 2. The number of para-hydroxylation sites is 1. The number of hydrogen-bond acceptors (Lipinski definition) is 2. The first-order valence-electron chi connectivity index (χ1n) is 10.2. The highest BCUT2D eigenvalue weighted by Crippen LogP contribution is 2.19. The van der Waals surface area contributed by atoms with Crippen molar-refractivity contribution in [2.24, 2.45) is 0 Å². The van der Waals surface area contributed by atoms with E-state index in [4.69, 9.17) is 0 Å². The minimum atomic E-state index is -0.307. The van der Waals surface area contributed by atoms with Crippen molar-refractivity contribution in [3.8, 4) is 0 Å². The second-order valence-electron chi connectivity index (χ2n) is 7.79. The largest absolute Gasteiger partial charge is 0.361 e. The third-order valence-corrected chi connectivity index (χ3v) is 5.30. The zero-order valence-electron chi connectivity index (χ0n) is 17.7. The number of H-pyrrole nitrogens is 1. The Kier molecular flexibility index (Phi) is 6.87. The minimum Gasteiger partial charge on any atom is -0.361 e. The molecule has 3 rings (SSSR count). The molecule has 0 spiro atoms. The topological polar surface area (TPSA) is 56.4 Å². The average Bonchev–Trinajstić information content (AvgIpc) is 3.13. The maximum absolute atomic E-state index is 13.3. The molecule has 0 atom stereocenters. The molecule has 158 valence electrons. The van der Waals surface area contributed by atoms with Gasteiger partial charge in [0.1, 0.15) is 5.82 Å². The van der Waals surface area contributed by atoms with Gasteiger partial charge >= 0.3 is 0 Å². The molecule has 0 radical (unpaired) electrons. The summed E-state index contributed by atoms with van der Waals surface area (Å²) in [4.78, 5) is 31.6. The lowest BCUT2D eigenvalue weighted by molar-refractivity contribution is -0.141. The molecule has 2 aromatic carbocycles. The second-order valence-corrected chi connectivity index (χ2v) is 7.79. The molecule has 1 heterocycles. The summed E-state index contributed by atoms with van der Waals surface area (Å²) in [5.41, 5.74) is 3.05. The Morgan fingerprint density at radius 1 is 1.07 bits per heavy atom. The van der Waals surface area contributed by atoms with Gasteiger partial charge in [-0.25, -0.2) is 4.39 Å². The van der Waals surface area contributed by atoms with Crippen LogP contribution >= 0.6 is 0 Å². The Morgan fingerprint density at radius 3 is 2.43 bits per heavy atom. The van der Waals surface area contributed by atoms with Gasteiger partial charge in [-0.1, -0.05) is 30.3 Å². The van der Waals surface area contributed by atoms with Crippen LogP contribution in [0.3, 0.4) is 0 Å². The predicted octanol–water partition coefficient (Wildman–Crippen LogP) is 4.14. The summed E-state index contributed by atoms with van der Waals surface area (Å²) in [6.07, 6.45) is 2.65. The highest BCUT2D eigenvalue weighted by atomic mass is 19.1. The van der Waals surface area contributed by atoms with Crippen LogP contribution in [0.25, 0.3) is 10.9 Å². The number of rotatable bonds is 8. The van der Waals surface area contributed by atoms with Crippen LogP contribution in [0.2, 0.25) is 0 Å². The van der Waals surface area contributed by atoms with Gasteiger partial charge in [0, 0.05) is 43.2 Å². The maximum atomic E-state index is 13.3. The van der Waals surface area contributed by atoms with Crippen LogP contribution in [0.15, 0.2) is 54.7 Å². The SMILES string of the molecule is CC(=O)N(CC(=O)N(CCc1c[nH]c2ccccc12)Cc1ccc(F)cc1)C(C)C. The molecule has 0 saturated carbocycles. The highest BCUT2D eigenvalue weighted by molar-refractivity contribution is 5.85. The number of fused-ring (bicyclic) bond motifs is 1. The molecule has 0 aliphatic carbocycles. The standard InChI is InChI=1S/C24H28FN3O2/c1-17(2)28(18(3)29)16-24(30)27(15-19-8-10-21(25)11-9-19)13-12-20-14-26-23-7-5-4-6-22(20)23/h4-11,14,17,26H,12-13,15-16H2,1-3H3. The van der Waals surface area contributed by atoms with Crippen molar-refractivity contribution in [3.05, 3.63) is 71.7 Å². The zero-order chi connectivity index (χ0) is 21.7. The van der Waals surface area contributed by atoms with E-state index in [9.17, 15) is 14.0 Å². The number of hydrogen-bond donors (Lipinski definition) is 1. The van der Waals surface area contributed by atoms with Crippen molar-refractivity contribution < 1.29 is 14.0 Å². The summed E-state index contributed by atoms with van der Waals surface area (Å²) >= 11 is 0. The molecule has 30 heavy (non-hydrogen) atoms. The van der Waals surface area contributed by atoms with Gasteiger partial charge in [-0.15, -0.1) is 0 Å². The molecule has 0 fully saturated rings. The second kappa shape index (κ2) is 9.57. The van der Waals surface area contributed by atoms with Crippen LogP contribution in [0.5, 0.6) is 0 Å². The summed E-state index contributed by atoms with van der Waals surface area (Å²) in [6.45, 7) is 6.16. The molecule has 0 bridgehead atoms. The number of halogens is 1. The maximum Gasteiger partial charge on any atom is 0.242 e. The van der Waals surface area contributed by atoms with E-state index in [-0.39, 0.29) is 30.2 Å². The first-order chi connectivity index (χ1) is 14.3. The quantitative estimate of drug-likeness (QED) is 0.608. The zero-order valence-corrected chi connectivity index (χ0v) is 17.7. The third-order valence-electron chi connectivity index (χ3n) is 5.30. The lowest BCUT2D eigenvalue weighted by Gasteiger charge is -2.29. The Labute approximate surface area is 176 Å². The van der Waals surface area contributed by atoms with E-state index in [1.165, 1.54) is 19.1 Å². The van der Waals surface area contributed by atoms with Gasteiger partial charge in [0.05, 0.1) is 6.54 Å². The fraction of sp³-hybridized carbons (Fsp3) is 0.333. The van der Waals surface area contributed by atoms with Crippen LogP contribution < -0.4 is 0 Å². The minimum absolute atomic E-state index is 0.0298. The average molecular weight is 410 g/mol. The molecule has 0 unspecified atom stereocenters. The lowest BCUT2D eigenvalue weighted by Crippen LogP contribution is -2.45. The molecule has 1 N–H and O–H groups in total. The van der Waals surface area contributed by atoms with E-state index < -0.39 is 0 Å². The van der Waals surface area contributed by atoms with E-state index >= 15 is 0 Å². The first-order valence-corrected chi connectivity index (χ1v) is 10.2. The van der Waals surface area contributed by atoms with Gasteiger partial charge in [-0.3, -0.25) is 9.59 Å². The fourth-order valence-electron chi connectivity index (χ4n) is 3.60. The number of nitrogens with one attached hydrogen (secondary N) is 1. The summed E-state index contributed by atoms with van der Waals surface area (Å²) in [6, 6.07) is 14.2. The number of nitrogens with zero attached hydrogens (tertiary/aromatic N) is 2. The number of aromatic nitrogens is 1. The molecule has 0 saturated heterocycles. The lowest BCUT2D eigenvalue weighted by atomic mass is 10.1. The van der Waals surface area contributed by atoms with E-state index in [2.05, 4.69) is 11.1 Å². The fourth-order valence-corrected chi connectivity index (χ4v) is 3.60.